The van der Waals surface area contributed by atoms with Crippen molar-refractivity contribution in [3.63, 3.8) is 0 Å². The number of aromatic nitrogens is 5. The molecule has 9 heteroatoms. The Morgan fingerprint density at radius 2 is 1.63 bits per heavy atom. The van der Waals surface area contributed by atoms with E-state index in [-0.39, 0.29) is 5.56 Å². The van der Waals surface area contributed by atoms with E-state index in [1.165, 1.54) is 6.08 Å². The number of anilines is 1. The normalized spacial score (nSPS) is 12.2. The van der Waals surface area contributed by atoms with Crippen LogP contribution in [0.15, 0.2) is 71.5 Å². The van der Waals surface area contributed by atoms with Crippen LogP contribution in [0.2, 0.25) is 0 Å². The van der Waals surface area contributed by atoms with Gasteiger partial charge in [0.05, 0.1) is 28.3 Å². The molecule has 3 heterocycles. The number of aryl methyl sites for hydroxylation is 4. The third-order valence-electron chi connectivity index (χ3n) is 7.17. The lowest BCUT2D eigenvalue weighted by Gasteiger charge is -2.24. The number of hydrogen-bond donors (Lipinski definition) is 2. The van der Waals surface area contributed by atoms with E-state index >= 15 is 0 Å². The SMILES string of the molecule is CCC(Nc1nc(-n2c(C)ccc2C)nc(C)c1C=CC(=O)O)c1nc2cccc(C)c2c(=O)n1-c1ccccc1. The third kappa shape index (κ3) is 5.26. The molecular weight excluding hydrogens is 516 g/mol. The summed E-state index contributed by atoms with van der Waals surface area (Å²) in [5, 5.41) is 13.4. The summed E-state index contributed by atoms with van der Waals surface area (Å²) in [6.45, 7) is 9.69. The lowest BCUT2D eigenvalue weighted by Crippen LogP contribution is -2.29. The minimum absolute atomic E-state index is 0.154. The second kappa shape index (κ2) is 11.2. The molecule has 1 unspecified atom stereocenters. The average molecular weight is 549 g/mol. The predicted molar refractivity (Wildman–Crippen MR) is 161 cm³/mol. The first-order chi connectivity index (χ1) is 19.7. The molecule has 1 atom stereocenters. The van der Waals surface area contributed by atoms with E-state index in [4.69, 9.17) is 15.0 Å². The van der Waals surface area contributed by atoms with Gasteiger partial charge in [-0.3, -0.25) is 13.9 Å². The third-order valence-corrected chi connectivity index (χ3v) is 7.17. The summed E-state index contributed by atoms with van der Waals surface area (Å²) in [7, 11) is 0. The maximum absolute atomic E-state index is 14.0. The van der Waals surface area contributed by atoms with Crippen molar-refractivity contribution in [2.24, 2.45) is 0 Å². The fourth-order valence-electron chi connectivity index (χ4n) is 5.10. The van der Waals surface area contributed by atoms with Crippen LogP contribution in [-0.2, 0) is 4.79 Å². The van der Waals surface area contributed by atoms with Crippen LogP contribution in [0.25, 0.3) is 28.6 Å². The van der Waals surface area contributed by atoms with E-state index in [2.05, 4.69) is 5.32 Å². The molecule has 208 valence electrons. The fraction of sp³-hybridized carbons (Fsp3) is 0.219. The van der Waals surface area contributed by atoms with Crippen LogP contribution in [0, 0.1) is 27.7 Å². The summed E-state index contributed by atoms with van der Waals surface area (Å²) in [6, 6.07) is 18.6. The van der Waals surface area contributed by atoms with Crippen molar-refractivity contribution in [2.75, 3.05) is 5.32 Å². The zero-order valence-electron chi connectivity index (χ0n) is 23.7. The summed E-state index contributed by atoms with van der Waals surface area (Å²) in [6.07, 6.45) is 3.13. The Hall–Kier alpha value is -5.05. The summed E-state index contributed by atoms with van der Waals surface area (Å²) < 4.78 is 3.60. The maximum Gasteiger partial charge on any atom is 0.328 e. The zero-order valence-corrected chi connectivity index (χ0v) is 23.7. The molecule has 5 rings (SSSR count). The summed E-state index contributed by atoms with van der Waals surface area (Å²) in [4.78, 5) is 40.0. The van der Waals surface area contributed by atoms with Crippen LogP contribution >= 0.6 is 0 Å². The molecule has 0 saturated heterocycles. The van der Waals surface area contributed by atoms with Gasteiger partial charge in [-0.15, -0.1) is 0 Å². The van der Waals surface area contributed by atoms with E-state index < -0.39 is 12.0 Å². The molecule has 9 nitrogen and oxygen atoms in total. The van der Waals surface area contributed by atoms with Gasteiger partial charge in [0.2, 0.25) is 5.95 Å². The van der Waals surface area contributed by atoms with Crippen LogP contribution in [0.1, 0.15) is 53.4 Å². The Kier molecular flexibility index (Phi) is 7.52. The van der Waals surface area contributed by atoms with Crippen LogP contribution in [0.5, 0.6) is 0 Å². The number of benzene rings is 2. The number of carboxylic acid groups (broad SMARTS) is 1. The van der Waals surface area contributed by atoms with Crippen LogP contribution in [0.3, 0.4) is 0 Å². The summed E-state index contributed by atoms with van der Waals surface area (Å²) in [5.74, 6) is 0.367. The van der Waals surface area contributed by atoms with Gasteiger partial charge < -0.3 is 10.4 Å². The molecule has 0 aliphatic heterocycles. The topological polar surface area (TPSA) is 115 Å². The van der Waals surface area contributed by atoms with Crippen LogP contribution < -0.4 is 10.9 Å². The van der Waals surface area contributed by atoms with Gasteiger partial charge in [0.1, 0.15) is 11.6 Å². The second-order valence-electron chi connectivity index (χ2n) is 10.0. The van der Waals surface area contributed by atoms with Crippen LogP contribution in [0.4, 0.5) is 5.82 Å². The molecular formula is C32H32N6O3. The minimum atomic E-state index is -1.08. The molecule has 0 aliphatic carbocycles. The lowest BCUT2D eigenvalue weighted by molar-refractivity contribution is -0.131. The number of rotatable bonds is 8. The van der Waals surface area contributed by atoms with E-state index in [1.54, 1.807) is 4.57 Å². The standard InChI is InChI=1S/C32H32N6O3/c1-6-25(30-35-26-14-10-11-19(2)28(26)31(41)38(30)23-12-8-7-9-13-23)34-29-24(17-18-27(39)40)22(5)33-32(36-29)37-20(3)15-16-21(37)4/h7-18,25H,6H2,1-5H3,(H,39,40)(H,33,34,36). The van der Waals surface area contributed by atoms with Crippen molar-refractivity contribution >= 4 is 28.8 Å². The molecule has 3 aromatic heterocycles. The smallest absolute Gasteiger partial charge is 0.328 e. The van der Waals surface area contributed by atoms with E-state index in [0.717, 1.165) is 23.0 Å². The van der Waals surface area contributed by atoms with Gasteiger partial charge in [0, 0.05) is 23.0 Å². The molecule has 2 N–H and O–H groups in total. The second-order valence-corrected chi connectivity index (χ2v) is 10.0. The highest BCUT2D eigenvalue weighted by Gasteiger charge is 2.23. The van der Waals surface area contributed by atoms with Gasteiger partial charge in [0.25, 0.3) is 5.56 Å². The Morgan fingerprint density at radius 1 is 0.927 bits per heavy atom. The molecule has 0 fully saturated rings. The van der Waals surface area contributed by atoms with Gasteiger partial charge in [0.15, 0.2) is 0 Å². The first kappa shape index (κ1) is 27.5. The first-order valence-electron chi connectivity index (χ1n) is 13.5. The molecule has 2 aromatic carbocycles. The number of carboxylic acids is 1. The van der Waals surface area contributed by atoms with E-state index in [1.807, 2.05) is 99.8 Å². The minimum Gasteiger partial charge on any atom is -0.478 e. The molecule has 0 saturated carbocycles. The Labute approximate surface area is 237 Å². The van der Waals surface area contributed by atoms with Gasteiger partial charge in [-0.25, -0.2) is 14.8 Å². The van der Waals surface area contributed by atoms with E-state index in [0.29, 0.717) is 51.9 Å². The van der Waals surface area contributed by atoms with Gasteiger partial charge in [-0.1, -0.05) is 37.3 Å². The monoisotopic (exact) mass is 548 g/mol. The van der Waals surface area contributed by atoms with Crippen molar-refractivity contribution in [2.45, 2.75) is 47.1 Å². The van der Waals surface area contributed by atoms with Crippen LogP contribution in [-0.4, -0.2) is 35.2 Å². The molecule has 0 aliphatic rings. The average Bonchev–Trinajstić information content (AvgIpc) is 3.28. The molecule has 0 amide bonds. The first-order valence-corrected chi connectivity index (χ1v) is 13.5. The molecule has 41 heavy (non-hydrogen) atoms. The molecule has 0 radical (unpaired) electrons. The van der Waals surface area contributed by atoms with E-state index in [9.17, 15) is 14.7 Å². The Balaban J connectivity index is 1.73. The largest absolute Gasteiger partial charge is 0.478 e. The number of carbonyl (C=O) groups is 1. The predicted octanol–water partition coefficient (Wildman–Crippen LogP) is 5.86. The summed E-state index contributed by atoms with van der Waals surface area (Å²) in [5.41, 5.74) is 5.11. The van der Waals surface area contributed by atoms with Crippen molar-refractivity contribution in [1.82, 2.24) is 24.1 Å². The Morgan fingerprint density at radius 3 is 2.29 bits per heavy atom. The highest BCUT2D eigenvalue weighted by atomic mass is 16.4. The highest BCUT2D eigenvalue weighted by molar-refractivity contribution is 5.87. The molecule has 5 aromatic rings. The number of aliphatic carboxylic acids is 1. The van der Waals surface area contributed by atoms with Crippen molar-refractivity contribution < 1.29 is 9.90 Å². The zero-order chi connectivity index (χ0) is 29.3. The van der Waals surface area contributed by atoms with Gasteiger partial charge in [-0.2, -0.15) is 4.98 Å². The number of hydrogen-bond acceptors (Lipinski definition) is 6. The lowest BCUT2D eigenvalue weighted by atomic mass is 10.1. The number of para-hydroxylation sites is 1. The van der Waals surface area contributed by atoms with Crippen molar-refractivity contribution in [1.29, 1.82) is 0 Å². The fourth-order valence-corrected chi connectivity index (χ4v) is 5.10. The van der Waals surface area contributed by atoms with Crippen molar-refractivity contribution in [3.8, 4) is 11.6 Å². The quantitative estimate of drug-likeness (QED) is 0.233. The van der Waals surface area contributed by atoms with Gasteiger partial charge in [-0.05, 0) is 76.1 Å². The maximum atomic E-state index is 14.0. The molecule has 0 bridgehead atoms. The van der Waals surface area contributed by atoms with Crippen molar-refractivity contribution in [3.05, 3.63) is 111 Å². The number of fused-ring (bicyclic) bond motifs is 1. The summed E-state index contributed by atoms with van der Waals surface area (Å²) >= 11 is 0. The molecule has 0 spiro atoms. The number of nitrogens with one attached hydrogen (secondary N) is 1. The highest BCUT2D eigenvalue weighted by Crippen LogP contribution is 2.29. The number of nitrogens with zero attached hydrogens (tertiary/aromatic N) is 5. The van der Waals surface area contributed by atoms with Gasteiger partial charge >= 0.3 is 5.97 Å². The Bertz CT molecular complexity index is 1830.